The van der Waals surface area contributed by atoms with Gasteiger partial charge in [-0.15, -0.1) is 5.53 Å². The Morgan fingerprint density at radius 1 is 0.945 bits per heavy atom. The fourth-order valence-corrected chi connectivity index (χ4v) is 8.10. The zero-order valence-electron chi connectivity index (χ0n) is 32.3. The van der Waals surface area contributed by atoms with Crippen molar-refractivity contribution < 1.29 is 69.8 Å². The molecule has 3 aromatic rings. The summed E-state index contributed by atoms with van der Waals surface area (Å²) >= 11 is 0.0331. The summed E-state index contributed by atoms with van der Waals surface area (Å²) in [6.07, 6.45) is 1.11. The van der Waals surface area contributed by atoms with Gasteiger partial charge in [-0.05, 0) is 25.1 Å². The molecule has 302 valence electrons. The second-order valence-corrected chi connectivity index (χ2v) is 16.5. The van der Waals surface area contributed by atoms with Crippen LogP contribution in [0.1, 0.15) is 41.6 Å². The summed E-state index contributed by atoms with van der Waals surface area (Å²) in [6, 6.07) is 15.8. The number of carbonyl (C=O) groups excluding carboxylic acids is 1. The van der Waals surface area contributed by atoms with Gasteiger partial charge < -0.3 is 19.5 Å². The topological polar surface area (TPSA) is 140 Å². The summed E-state index contributed by atoms with van der Waals surface area (Å²) in [7, 11) is 1.66. The minimum atomic E-state index is -0.986. The van der Waals surface area contributed by atoms with Crippen LogP contribution in [-0.4, -0.2) is 130 Å². The van der Waals surface area contributed by atoms with Crippen molar-refractivity contribution in [3.8, 4) is 5.75 Å². The zero-order chi connectivity index (χ0) is 38.6. The Morgan fingerprint density at radius 2 is 1.67 bits per heavy atom. The van der Waals surface area contributed by atoms with Gasteiger partial charge in [0.05, 0.1) is 12.8 Å². The van der Waals surface area contributed by atoms with Crippen molar-refractivity contribution in [1.82, 2.24) is 10.3 Å². The van der Waals surface area contributed by atoms with Crippen molar-refractivity contribution in [2.45, 2.75) is 30.1 Å². The number of nitrogens with one attached hydrogen (secondary N) is 1. The third kappa shape index (κ3) is 10.2. The molecule has 3 aliphatic heterocycles. The van der Waals surface area contributed by atoms with Crippen LogP contribution in [0.4, 0.5) is 11.4 Å². The number of anilines is 2. The van der Waals surface area contributed by atoms with Gasteiger partial charge in [0.25, 0.3) is 5.91 Å². The molecule has 0 spiro atoms. The Morgan fingerprint density at radius 3 is 2.42 bits per heavy atom. The molecule has 1 saturated heterocycles. The van der Waals surface area contributed by atoms with Gasteiger partial charge in [-0.3, -0.25) is 4.79 Å². The molecule has 15 heteroatoms. The summed E-state index contributed by atoms with van der Waals surface area (Å²) in [5.74, 6) is 0.553. The standard InChI is InChI=1S/C40H55IN5O9/c1-5-45-39(47)31-8-6-7-30-34(12-10-32(38(30)31)40(45)48)46-26-33(42-43-46)29-9-11-35(36(25-29)54-23-17-49-4)44-13-15-50-18-19-52-22-24-55-37(28(2)41-3)27-53-21-20-51-16-14-44/h6-12,25-26,28,37,39,42-43,47H,5,13-24,27H2,1-4H3/q-1/p+1. The summed E-state index contributed by atoms with van der Waals surface area (Å²) in [4.78, 5) is 19.2. The van der Waals surface area contributed by atoms with E-state index in [1.165, 1.54) is 4.90 Å². The Bertz CT molecular complexity index is 1750. The molecule has 0 aliphatic carbocycles. The molecule has 3 unspecified atom stereocenters. The van der Waals surface area contributed by atoms with Crippen LogP contribution in [0.15, 0.2) is 54.7 Å². The van der Waals surface area contributed by atoms with Crippen LogP contribution in [0.25, 0.3) is 16.5 Å². The predicted molar refractivity (Wildman–Crippen MR) is 206 cm³/mol. The maximum absolute atomic E-state index is 13.3. The van der Waals surface area contributed by atoms with Crippen molar-refractivity contribution in [2.75, 3.05) is 114 Å². The maximum atomic E-state index is 13.3. The number of ether oxygens (including phenoxy) is 7. The molecule has 3 heterocycles. The normalized spacial score (nSPS) is 21.6. The van der Waals surface area contributed by atoms with E-state index in [0.29, 0.717) is 102 Å². The van der Waals surface area contributed by atoms with E-state index in [1.54, 1.807) is 7.11 Å². The first-order valence-electron chi connectivity index (χ1n) is 19.0. The summed E-state index contributed by atoms with van der Waals surface area (Å²) in [5, 5.41) is 14.7. The number of rotatable bonds is 10. The molecule has 6 rings (SSSR count). The molecule has 1 fully saturated rings. The fraction of sp³-hybridized carbons (Fsp3) is 0.525. The third-order valence-electron chi connectivity index (χ3n) is 9.97. The first kappa shape index (κ1) is 41.4. The van der Waals surface area contributed by atoms with Gasteiger partial charge in [0.2, 0.25) is 0 Å². The Hall–Kier alpha value is -3.26. The molecule has 3 aromatic carbocycles. The summed E-state index contributed by atoms with van der Waals surface area (Å²) < 4.78 is 42.1. The van der Waals surface area contributed by atoms with Crippen LogP contribution in [-0.2, 0) is 28.4 Å². The number of amides is 1. The number of benzene rings is 3. The average molecular weight is 878 g/mol. The van der Waals surface area contributed by atoms with Gasteiger partial charge in [-0.2, -0.15) is 5.01 Å². The number of nitrogens with two attached hydrogens (primary N) is 1. The van der Waals surface area contributed by atoms with Crippen LogP contribution in [0.2, 0.25) is 0 Å². The van der Waals surface area contributed by atoms with Crippen LogP contribution in [0.3, 0.4) is 0 Å². The van der Waals surface area contributed by atoms with E-state index in [1.807, 2.05) is 60.1 Å². The molecule has 0 bridgehead atoms. The molecule has 3 aliphatic rings. The number of carbonyl (C=O) groups is 1. The number of aliphatic hydroxyl groups is 1. The molecular weight excluding hydrogens is 821 g/mol. The van der Waals surface area contributed by atoms with Crippen molar-refractivity contribution in [3.05, 3.63) is 71.4 Å². The average Bonchev–Trinajstić information content (AvgIpc) is 3.70. The minimum absolute atomic E-state index is 0.0331. The van der Waals surface area contributed by atoms with Crippen LogP contribution in [0, 0.1) is 0 Å². The number of hydrogen-bond donors (Lipinski definition) is 3. The number of hydrogen-bond acceptors (Lipinski definition) is 12. The van der Waals surface area contributed by atoms with Gasteiger partial charge in [0, 0.05) is 41.1 Å². The Balaban J connectivity index is 1.20. The number of methoxy groups -OCH3 is 1. The number of aliphatic hydroxyl groups excluding tert-OH is 1. The molecule has 0 saturated carbocycles. The molecule has 4 N–H and O–H groups in total. The van der Waals surface area contributed by atoms with E-state index in [4.69, 9.17) is 33.2 Å². The van der Waals surface area contributed by atoms with Gasteiger partial charge >= 0.3 is 162 Å². The van der Waals surface area contributed by atoms with Crippen molar-refractivity contribution in [2.24, 2.45) is 0 Å². The number of nitrogens with zero attached hydrogens (tertiary/aromatic N) is 3. The predicted octanol–water partition coefficient (Wildman–Crippen LogP) is -0.488. The Kier molecular flexibility index (Phi) is 15.6. The fourth-order valence-electron chi connectivity index (χ4n) is 6.89. The first-order chi connectivity index (χ1) is 26.9. The second kappa shape index (κ2) is 20.8. The number of halogens is 1. The van der Waals surface area contributed by atoms with Gasteiger partial charge in [-0.25, -0.2) is 5.43 Å². The van der Waals surface area contributed by atoms with E-state index < -0.39 is 6.23 Å². The molecule has 0 radical (unpaired) electrons. The number of alkyl halides is 2. The monoisotopic (exact) mass is 877 g/mol. The quantitative estimate of drug-likeness (QED) is 0.105. The molecule has 3 atom stereocenters. The number of quaternary nitrogens is 1. The van der Waals surface area contributed by atoms with E-state index in [0.717, 1.165) is 44.7 Å². The van der Waals surface area contributed by atoms with Crippen molar-refractivity contribution in [3.63, 3.8) is 0 Å². The molecular formula is C40H56IN5O9. The van der Waals surface area contributed by atoms with Gasteiger partial charge in [0.15, 0.2) is 6.23 Å². The molecule has 0 aromatic heterocycles. The van der Waals surface area contributed by atoms with Crippen LogP contribution < -0.4 is 46.8 Å². The second-order valence-electron chi connectivity index (χ2n) is 13.3. The summed E-state index contributed by atoms with van der Waals surface area (Å²) in [5.41, 5.74) is 10.3. The molecule has 1 amide bonds. The minimum Gasteiger partial charge on any atom is -0.489 e. The summed E-state index contributed by atoms with van der Waals surface area (Å²) in [6.45, 7) is 11.2. The van der Waals surface area contributed by atoms with E-state index in [2.05, 4.69) is 34.3 Å². The first-order valence-corrected chi connectivity index (χ1v) is 22.4. The zero-order valence-corrected chi connectivity index (χ0v) is 34.5. The van der Waals surface area contributed by atoms with E-state index in [9.17, 15) is 9.90 Å². The van der Waals surface area contributed by atoms with Crippen LogP contribution in [0.5, 0.6) is 5.75 Å². The van der Waals surface area contributed by atoms with Gasteiger partial charge in [-0.1, -0.05) is 24.3 Å². The van der Waals surface area contributed by atoms with Gasteiger partial charge in [0.1, 0.15) is 18.0 Å². The molecule has 55 heavy (non-hydrogen) atoms. The Labute approximate surface area is 334 Å². The smallest absolute Gasteiger partial charge is 0.489 e. The van der Waals surface area contributed by atoms with Crippen LogP contribution >= 0.6 is 0 Å². The van der Waals surface area contributed by atoms with E-state index in [-0.39, 0.29) is 33.2 Å². The van der Waals surface area contributed by atoms with Crippen molar-refractivity contribution in [1.29, 1.82) is 0 Å². The van der Waals surface area contributed by atoms with E-state index >= 15 is 0 Å². The third-order valence-corrected chi connectivity index (χ3v) is 12.7. The van der Waals surface area contributed by atoms with Crippen molar-refractivity contribution >= 4 is 33.8 Å². The molecule has 14 nitrogen and oxygen atoms in total. The SMILES string of the molecule is CCN1C(=O)c2ccc(N3C=C(c4ccc(N5CCOCCOCCOC(C(C)[I-]C)COCCOCC5)c(OCCOC)c4)N[NH2+]3)c3cccc(c23)C1O.